The summed E-state index contributed by atoms with van der Waals surface area (Å²) in [5, 5.41) is -0.665. The first-order valence-electron chi connectivity index (χ1n) is 5.51. The quantitative estimate of drug-likeness (QED) is 0.605. The Morgan fingerprint density at radius 3 is 2.60 bits per heavy atom. The third-order valence-corrected chi connectivity index (χ3v) is 2.61. The van der Waals surface area contributed by atoms with E-state index in [4.69, 9.17) is 16.0 Å². The van der Waals surface area contributed by atoms with Crippen LogP contribution in [0.5, 0.6) is 0 Å². The first-order valence-corrected chi connectivity index (χ1v) is 5.89. The summed E-state index contributed by atoms with van der Waals surface area (Å²) in [4.78, 5) is 10.6. The van der Waals surface area contributed by atoms with Crippen LogP contribution in [-0.2, 0) is 11.0 Å². The zero-order valence-corrected chi connectivity index (χ0v) is 10.7. The lowest BCUT2D eigenvalue weighted by Crippen LogP contribution is -2.04. The van der Waals surface area contributed by atoms with Gasteiger partial charge in [0.2, 0.25) is 5.24 Å². The molecule has 0 atom stereocenters. The van der Waals surface area contributed by atoms with Crippen molar-refractivity contribution >= 4 is 22.9 Å². The van der Waals surface area contributed by atoms with Crippen molar-refractivity contribution in [3.8, 4) is 11.3 Å². The zero-order valence-electron chi connectivity index (χ0n) is 9.95. The van der Waals surface area contributed by atoms with E-state index < -0.39 is 17.0 Å². The zero-order chi connectivity index (χ0) is 14.8. The lowest BCUT2D eigenvalue weighted by Gasteiger charge is -2.07. The van der Waals surface area contributed by atoms with Gasteiger partial charge in [-0.2, -0.15) is 13.2 Å². The fraction of sp³-hybridized carbons (Fsp3) is 0.0714. The maximum absolute atomic E-state index is 12.6. The molecule has 0 bridgehead atoms. The number of hydrogen-bond donors (Lipinski definition) is 0. The molecule has 1 aromatic heterocycles. The maximum atomic E-state index is 12.6. The topological polar surface area (TPSA) is 30.2 Å². The SMILES string of the molecule is O=C(Cl)/C=C/c1ccc(-c2cccc(C(F)(F)F)c2)o1. The molecule has 2 nitrogen and oxygen atoms in total. The fourth-order valence-corrected chi connectivity index (χ4v) is 1.66. The molecule has 0 aliphatic heterocycles. The van der Waals surface area contributed by atoms with Gasteiger partial charge in [-0.15, -0.1) is 0 Å². The van der Waals surface area contributed by atoms with Crippen LogP contribution < -0.4 is 0 Å². The van der Waals surface area contributed by atoms with E-state index in [-0.39, 0.29) is 5.76 Å². The molecule has 0 radical (unpaired) electrons. The number of rotatable bonds is 3. The van der Waals surface area contributed by atoms with Crippen LogP contribution in [0.3, 0.4) is 0 Å². The highest BCUT2D eigenvalue weighted by molar-refractivity contribution is 6.66. The van der Waals surface area contributed by atoms with Crippen LogP contribution in [-0.4, -0.2) is 5.24 Å². The maximum Gasteiger partial charge on any atom is 0.416 e. The second-order valence-electron chi connectivity index (χ2n) is 3.92. The van der Waals surface area contributed by atoms with E-state index in [0.29, 0.717) is 11.3 Å². The largest absolute Gasteiger partial charge is 0.457 e. The van der Waals surface area contributed by atoms with Gasteiger partial charge in [-0.1, -0.05) is 12.1 Å². The Balaban J connectivity index is 2.31. The van der Waals surface area contributed by atoms with Crippen molar-refractivity contribution in [1.82, 2.24) is 0 Å². The van der Waals surface area contributed by atoms with E-state index in [9.17, 15) is 18.0 Å². The molecular weight excluding hydrogens is 293 g/mol. The number of benzene rings is 1. The molecule has 0 saturated heterocycles. The standard InChI is InChI=1S/C14H8ClF3O2/c15-13(19)7-5-11-4-6-12(20-11)9-2-1-3-10(8-9)14(16,17)18/h1-8H/b7-5+. The molecule has 0 aliphatic carbocycles. The predicted molar refractivity (Wildman–Crippen MR) is 69.0 cm³/mol. The smallest absolute Gasteiger partial charge is 0.416 e. The molecule has 0 fully saturated rings. The normalized spacial score (nSPS) is 12.0. The summed E-state index contributed by atoms with van der Waals surface area (Å²) in [6.07, 6.45) is -1.97. The van der Waals surface area contributed by atoms with Crippen molar-refractivity contribution in [2.75, 3.05) is 0 Å². The van der Waals surface area contributed by atoms with Gasteiger partial charge in [0.15, 0.2) is 0 Å². The molecule has 0 aliphatic rings. The number of carbonyl (C=O) groups excluding carboxylic acids is 1. The van der Waals surface area contributed by atoms with Gasteiger partial charge in [-0.25, -0.2) is 0 Å². The van der Waals surface area contributed by atoms with Crippen molar-refractivity contribution in [2.45, 2.75) is 6.18 Å². The second kappa shape index (κ2) is 5.54. The van der Waals surface area contributed by atoms with Crippen LogP contribution in [0, 0.1) is 0 Å². The summed E-state index contributed by atoms with van der Waals surface area (Å²) < 4.78 is 43.1. The first-order chi connectivity index (χ1) is 9.36. The molecule has 0 N–H and O–H groups in total. The molecule has 0 spiro atoms. The van der Waals surface area contributed by atoms with E-state index in [1.54, 1.807) is 0 Å². The van der Waals surface area contributed by atoms with E-state index >= 15 is 0 Å². The summed E-state index contributed by atoms with van der Waals surface area (Å²) in [6, 6.07) is 7.85. The van der Waals surface area contributed by atoms with Crippen molar-refractivity contribution in [3.05, 3.63) is 53.8 Å². The Kier molecular flexibility index (Phi) is 3.99. The Morgan fingerprint density at radius 1 is 1.20 bits per heavy atom. The highest BCUT2D eigenvalue weighted by atomic mass is 35.5. The molecule has 2 rings (SSSR count). The molecule has 1 heterocycles. The van der Waals surface area contributed by atoms with Gasteiger partial charge in [0.1, 0.15) is 11.5 Å². The minimum atomic E-state index is -4.41. The summed E-state index contributed by atoms with van der Waals surface area (Å²) in [7, 11) is 0. The summed E-state index contributed by atoms with van der Waals surface area (Å²) in [5.41, 5.74) is -0.448. The number of hydrogen-bond acceptors (Lipinski definition) is 2. The average Bonchev–Trinajstić information content (AvgIpc) is 2.84. The van der Waals surface area contributed by atoms with Crippen molar-refractivity contribution in [1.29, 1.82) is 0 Å². The first kappa shape index (κ1) is 14.4. The highest BCUT2D eigenvalue weighted by Crippen LogP contribution is 2.32. The van der Waals surface area contributed by atoms with Crippen molar-refractivity contribution in [2.24, 2.45) is 0 Å². The van der Waals surface area contributed by atoms with Gasteiger partial charge in [0, 0.05) is 11.6 Å². The van der Waals surface area contributed by atoms with E-state index in [1.807, 2.05) is 0 Å². The molecule has 0 saturated carbocycles. The van der Waals surface area contributed by atoms with Crippen LogP contribution in [0.25, 0.3) is 17.4 Å². The lowest BCUT2D eigenvalue weighted by molar-refractivity contribution is -0.137. The Bertz CT molecular complexity index is 656. The minimum absolute atomic E-state index is 0.276. The Morgan fingerprint density at radius 2 is 1.95 bits per heavy atom. The average molecular weight is 301 g/mol. The van der Waals surface area contributed by atoms with Gasteiger partial charge >= 0.3 is 6.18 Å². The molecule has 6 heteroatoms. The molecule has 2 aromatic rings. The second-order valence-corrected chi connectivity index (χ2v) is 4.29. The minimum Gasteiger partial charge on any atom is -0.457 e. The molecule has 0 amide bonds. The van der Waals surface area contributed by atoms with Gasteiger partial charge in [0.05, 0.1) is 5.56 Å². The summed E-state index contributed by atoms with van der Waals surface area (Å²) in [5.74, 6) is 0.601. The molecule has 0 unspecified atom stereocenters. The van der Waals surface area contributed by atoms with E-state index in [1.165, 1.54) is 30.3 Å². The number of furan rings is 1. The fourth-order valence-electron chi connectivity index (χ4n) is 1.59. The monoisotopic (exact) mass is 300 g/mol. The Labute approximate surface area is 117 Å². The van der Waals surface area contributed by atoms with Gasteiger partial charge < -0.3 is 4.42 Å². The summed E-state index contributed by atoms with van der Waals surface area (Å²) in [6.45, 7) is 0. The predicted octanol–water partition coefficient (Wildman–Crippen LogP) is 4.74. The van der Waals surface area contributed by atoms with Crippen LogP contribution in [0.4, 0.5) is 13.2 Å². The third kappa shape index (κ3) is 3.51. The third-order valence-electron chi connectivity index (χ3n) is 2.48. The highest BCUT2D eigenvalue weighted by Gasteiger charge is 2.30. The molecule has 1 aromatic carbocycles. The number of alkyl halides is 3. The van der Waals surface area contributed by atoms with Crippen LogP contribution in [0.15, 0.2) is 46.9 Å². The van der Waals surface area contributed by atoms with Gasteiger partial charge in [0.25, 0.3) is 0 Å². The van der Waals surface area contributed by atoms with E-state index in [2.05, 4.69) is 0 Å². The summed E-state index contributed by atoms with van der Waals surface area (Å²) >= 11 is 5.13. The van der Waals surface area contributed by atoms with Crippen LogP contribution >= 0.6 is 11.6 Å². The van der Waals surface area contributed by atoms with E-state index in [0.717, 1.165) is 18.2 Å². The van der Waals surface area contributed by atoms with Crippen LogP contribution in [0.1, 0.15) is 11.3 Å². The Hall–Kier alpha value is -2.01. The number of carbonyl (C=O) groups is 1. The lowest BCUT2D eigenvalue weighted by atomic mass is 10.1. The van der Waals surface area contributed by atoms with Crippen molar-refractivity contribution in [3.63, 3.8) is 0 Å². The molecule has 104 valence electrons. The molecule has 20 heavy (non-hydrogen) atoms. The number of halogens is 4. The van der Waals surface area contributed by atoms with Crippen molar-refractivity contribution < 1.29 is 22.4 Å². The van der Waals surface area contributed by atoms with Gasteiger partial charge in [-0.3, -0.25) is 4.79 Å². The number of allylic oxidation sites excluding steroid dienone is 1. The van der Waals surface area contributed by atoms with Crippen LogP contribution in [0.2, 0.25) is 0 Å². The van der Waals surface area contributed by atoms with Gasteiger partial charge in [-0.05, 0) is 41.9 Å². The molecular formula is C14H8ClF3O2.